The molecule has 0 spiro atoms. The van der Waals surface area contributed by atoms with Gasteiger partial charge >= 0.3 is 0 Å². The summed E-state index contributed by atoms with van der Waals surface area (Å²) in [5.74, 6) is 0. The van der Waals surface area contributed by atoms with Crippen LogP contribution in [0.15, 0.2) is 37.1 Å². The Morgan fingerprint density at radius 1 is 1.27 bits per heavy atom. The molecule has 0 N–H and O–H groups in total. The zero-order valence-corrected chi connectivity index (χ0v) is 5.81. The lowest BCUT2D eigenvalue weighted by molar-refractivity contribution is 1.05. The van der Waals surface area contributed by atoms with E-state index in [1.807, 2.05) is 16.7 Å². The second-order valence-electron chi connectivity index (χ2n) is 2.12. The van der Waals surface area contributed by atoms with Crippen LogP contribution in [0.2, 0.25) is 0 Å². The number of nitrogens with zero attached hydrogens (tertiary/aromatic N) is 3. The minimum absolute atomic E-state index is 1.05. The van der Waals surface area contributed by atoms with Gasteiger partial charge in [0, 0.05) is 24.3 Å². The molecule has 0 aliphatic heterocycles. The summed E-state index contributed by atoms with van der Waals surface area (Å²) in [4.78, 5) is 7.73. The van der Waals surface area contributed by atoms with E-state index in [0.717, 1.165) is 5.69 Å². The summed E-state index contributed by atoms with van der Waals surface area (Å²) in [6.45, 7) is 0. The molecule has 0 aliphatic carbocycles. The Morgan fingerprint density at radius 2 is 2.09 bits per heavy atom. The van der Waals surface area contributed by atoms with Gasteiger partial charge in [0.25, 0.3) is 0 Å². The van der Waals surface area contributed by atoms with Crippen LogP contribution in [0.3, 0.4) is 0 Å². The highest BCUT2D eigenvalue weighted by molar-refractivity contribution is 5.27. The molecule has 0 unspecified atom stereocenters. The highest BCUT2D eigenvalue weighted by Crippen LogP contribution is 2.02. The Balaban J connectivity index is 2.46. The summed E-state index contributed by atoms with van der Waals surface area (Å²) in [5, 5.41) is 0. The molecule has 2 rings (SSSR count). The fraction of sp³-hybridized carbons (Fsp3) is 0. The van der Waals surface area contributed by atoms with E-state index < -0.39 is 0 Å². The van der Waals surface area contributed by atoms with Crippen LogP contribution in [0.5, 0.6) is 0 Å². The van der Waals surface area contributed by atoms with Gasteiger partial charge in [-0.15, -0.1) is 0 Å². The predicted octanol–water partition coefficient (Wildman–Crippen LogP) is 1.07. The molecule has 3 heteroatoms. The Kier molecular flexibility index (Phi) is 1.41. The highest BCUT2D eigenvalue weighted by Gasteiger charge is 1.90. The van der Waals surface area contributed by atoms with Gasteiger partial charge in [-0.25, -0.2) is 4.98 Å². The lowest BCUT2D eigenvalue weighted by atomic mass is 10.4. The van der Waals surface area contributed by atoms with Crippen molar-refractivity contribution in [2.45, 2.75) is 0 Å². The zero-order valence-electron chi connectivity index (χ0n) is 5.81. The second-order valence-corrected chi connectivity index (χ2v) is 2.12. The Labute approximate surface area is 64.3 Å². The minimum Gasteiger partial charge on any atom is -0.305 e. The molecule has 0 bridgehead atoms. The predicted molar refractivity (Wildman–Crippen MR) is 40.2 cm³/mol. The molecule has 11 heavy (non-hydrogen) atoms. The van der Waals surface area contributed by atoms with Gasteiger partial charge < -0.3 is 4.57 Å². The van der Waals surface area contributed by atoms with Crippen molar-refractivity contribution >= 4 is 0 Å². The third-order valence-electron chi connectivity index (χ3n) is 1.41. The topological polar surface area (TPSA) is 30.7 Å². The first-order valence-corrected chi connectivity index (χ1v) is 3.27. The molecular formula is C8H6N3. The van der Waals surface area contributed by atoms with E-state index in [9.17, 15) is 0 Å². The van der Waals surface area contributed by atoms with Crippen molar-refractivity contribution in [1.29, 1.82) is 0 Å². The highest BCUT2D eigenvalue weighted by atomic mass is 15.0. The van der Waals surface area contributed by atoms with Gasteiger partial charge in [0.05, 0.1) is 6.33 Å². The van der Waals surface area contributed by atoms with Crippen LogP contribution in [0.1, 0.15) is 0 Å². The summed E-state index contributed by atoms with van der Waals surface area (Å²) < 4.78 is 1.88. The van der Waals surface area contributed by atoms with E-state index in [4.69, 9.17) is 0 Å². The maximum absolute atomic E-state index is 3.91. The molecule has 0 saturated carbocycles. The van der Waals surface area contributed by atoms with Gasteiger partial charge in [0.1, 0.15) is 6.20 Å². The van der Waals surface area contributed by atoms with E-state index >= 15 is 0 Å². The maximum atomic E-state index is 3.91. The van der Waals surface area contributed by atoms with Gasteiger partial charge in [-0.1, -0.05) is 0 Å². The molecule has 3 nitrogen and oxygen atoms in total. The molecule has 0 amide bonds. The third-order valence-corrected chi connectivity index (χ3v) is 1.41. The summed E-state index contributed by atoms with van der Waals surface area (Å²) in [5.41, 5.74) is 1.05. The standard InChI is InChI=1S/C8H6N3/c1-3-9-4-2-8(1)11-6-5-10-7-11/h1-4,6-7H. The van der Waals surface area contributed by atoms with Crippen molar-refractivity contribution in [2.24, 2.45) is 0 Å². The lowest BCUT2D eigenvalue weighted by Crippen LogP contribution is -1.88. The van der Waals surface area contributed by atoms with Crippen molar-refractivity contribution < 1.29 is 0 Å². The fourth-order valence-corrected chi connectivity index (χ4v) is 0.882. The summed E-state index contributed by atoms with van der Waals surface area (Å²) >= 11 is 0. The molecule has 2 aromatic rings. The molecule has 0 atom stereocenters. The van der Waals surface area contributed by atoms with Crippen LogP contribution in [-0.2, 0) is 0 Å². The van der Waals surface area contributed by atoms with Gasteiger partial charge in [0.2, 0.25) is 0 Å². The molecule has 0 saturated heterocycles. The number of hydrogen-bond acceptors (Lipinski definition) is 2. The smallest absolute Gasteiger partial charge is 0.109 e. The molecular weight excluding hydrogens is 138 g/mol. The summed E-state index contributed by atoms with van der Waals surface area (Å²) in [6, 6.07) is 3.82. The largest absolute Gasteiger partial charge is 0.305 e. The Hall–Kier alpha value is -1.64. The van der Waals surface area contributed by atoms with Crippen LogP contribution in [0, 0.1) is 6.20 Å². The third kappa shape index (κ3) is 1.12. The average molecular weight is 144 g/mol. The molecule has 53 valence electrons. The lowest BCUT2D eigenvalue weighted by Gasteiger charge is -1.97. The van der Waals surface area contributed by atoms with Crippen molar-refractivity contribution in [3.8, 4) is 5.69 Å². The quantitative estimate of drug-likeness (QED) is 0.599. The average Bonchev–Trinajstić information content (AvgIpc) is 2.58. The van der Waals surface area contributed by atoms with Crippen LogP contribution in [0.25, 0.3) is 5.69 Å². The fourth-order valence-electron chi connectivity index (χ4n) is 0.882. The molecule has 2 heterocycles. The van der Waals surface area contributed by atoms with Gasteiger partial charge in [-0.2, -0.15) is 0 Å². The first-order chi connectivity index (χ1) is 5.47. The van der Waals surface area contributed by atoms with Crippen molar-refractivity contribution in [3.05, 3.63) is 43.2 Å². The van der Waals surface area contributed by atoms with Gasteiger partial charge in [-0.05, 0) is 12.1 Å². The van der Waals surface area contributed by atoms with Crippen molar-refractivity contribution in [1.82, 2.24) is 14.5 Å². The van der Waals surface area contributed by atoms with Crippen LogP contribution in [0.4, 0.5) is 0 Å². The number of rotatable bonds is 1. The monoisotopic (exact) mass is 144 g/mol. The zero-order chi connectivity index (χ0) is 7.52. The second kappa shape index (κ2) is 2.54. The first-order valence-electron chi connectivity index (χ1n) is 3.27. The van der Waals surface area contributed by atoms with Crippen molar-refractivity contribution in [3.63, 3.8) is 0 Å². The van der Waals surface area contributed by atoms with Gasteiger partial charge in [0.15, 0.2) is 0 Å². The van der Waals surface area contributed by atoms with E-state index in [0.29, 0.717) is 0 Å². The maximum Gasteiger partial charge on any atom is 0.109 e. The van der Waals surface area contributed by atoms with E-state index in [2.05, 4.69) is 16.2 Å². The number of pyridine rings is 1. The number of aromatic nitrogens is 3. The number of hydrogen-bond donors (Lipinski definition) is 0. The molecule has 1 radical (unpaired) electrons. The molecule has 0 aliphatic rings. The Bertz CT molecular complexity index is 312. The normalized spacial score (nSPS) is 9.82. The summed E-state index contributed by atoms with van der Waals surface area (Å²) in [7, 11) is 0. The first kappa shape index (κ1) is 6.09. The van der Waals surface area contributed by atoms with Gasteiger partial charge in [-0.3, -0.25) is 4.98 Å². The Morgan fingerprint density at radius 3 is 2.73 bits per heavy atom. The van der Waals surface area contributed by atoms with Crippen LogP contribution in [-0.4, -0.2) is 14.5 Å². The molecule has 2 aromatic heterocycles. The van der Waals surface area contributed by atoms with Crippen LogP contribution >= 0.6 is 0 Å². The molecule has 0 aromatic carbocycles. The van der Waals surface area contributed by atoms with Crippen LogP contribution < -0.4 is 0 Å². The van der Waals surface area contributed by atoms with E-state index in [-0.39, 0.29) is 0 Å². The minimum atomic E-state index is 1.05. The number of imidazole rings is 1. The molecule has 0 fully saturated rings. The summed E-state index contributed by atoms with van der Waals surface area (Å²) in [6.07, 6.45) is 9.69. The van der Waals surface area contributed by atoms with Crippen molar-refractivity contribution in [2.75, 3.05) is 0 Å². The van der Waals surface area contributed by atoms with E-state index in [1.54, 1.807) is 24.9 Å². The van der Waals surface area contributed by atoms with E-state index in [1.165, 1.54) is 0 Å². The SMILES string of the molecule is [c]1cn(-c2ccncc2)cn1.